The highest BCUT2D eigenvalue weighted by atomic mass is 79.9. The first-order valence-electron chi connectivity index (χ1n) is 4.49. The third-order valence-electron chi connectivity index (χ3n) is 2.05. The summed E-state index contributed by atoms with van der Waals surface area (Å²) in [6, 6.07) is 4.91. The maximum atomic E-state index is 11.5. The lowest BCUT2D eigenvalue weighted by atomic mass is 10.0. The second-order valence-electron chi connectivity index (χ2n) is 3.20. The predicted molar refractivity (Wildman–Crippen MR) is 64.8 cm³/mol. The van der Waals surface area contributed by atoms with E-state index in [1.165, 1.54) is 14.0 Å². The molecule has 1 aromatic rings. The van der Waals surface area contributed by atoms with Gasteiger partial charge >= 0.3 is 5.97 Å². The Morgan fingerprint density at radius 2 is 2.06 bits per heavy atom. The van der Waals surface area contributed by atoms with E-state index in [-0.39, 0.29) is 5.78 Å². The van der Waals surface area contributed by atoms with E-state index in [4.69, 9.17) is 11.6 Å². The Morgan fingerprint density at radius 3 is 2.56 bits per heavy atom. The summed E-state index contributed by atoms with van der Waals surface area (Å²) < 4.78 is 5.37. The van der Waals surface area contributed by atoms with Crippen molar-refractivity contribution in [1.82, 2.24) is 0 Å². The number of ketones is 1. The summed E-state index contributed by atoms with van der Waals surface area (Å²) in [5, 5.41) is -0.841. The van der Waals surface area contributed by atoms with Gasteiger partial charge in [0.1, 0.15) is 5.38 Å². The molecule has 0 heterocycles. The summed E-state index contributed by atoms with van der Waals surface area (Å²) in [5.41, 5.74) is 0.760. The molecule has 0 aromatic heterocycles. The highest BCUT2D eigenvalue weighted by Crippen LogP contribution is 2.28. The molecule has 0 aliphatic heterocycles. The largest absolute Gasteiger partial charge is 0.465 e. The second-order valence-corrected chi connectivity index (χ2v) is 4.55. The fourth-order valence-corrected chi connectivity index (χ4v) is 1.82. The minimum atomic E-state index is -0.841. The molecular formula is C11H10BrClO3. The van der Waals surface area contributed by atoms with Gasteiger partial charge in [-0.2, -0.15) is 0 Å². The molecule has 0 saturated carbocycles. The van der Waals surface area contributed by atoms with Crippen LogP contribution in [0.4, 0.5) is 0 Å². The van der Waals surface area contributed by atoms with E-state index >= 15 is 0 Å². The lowest BCUT2D eigenvalue weighted by Crippen LogP contribution is -2.10. The highest BCUT2D eigenvalue weighted by Gasteiger charge is 2.21. The Kier molecular flexibility index (Phi) is 4.50. The molecule has 0 fully saturated rings. The number of methoxy groups -OCH3 is 1. The molecule has 0 bridgehead atoms. The molecule has 0 radical (unpaired) electrons. The summed E-state index contributed by atoms with van der Waals surface area (Å²) in [6.07, 6.45) is 0. The van der Waals surface area contributed by atoms with Gasteiger partial charge in [0.2, 0.25) is 0 Å². The van der Waals surface area contributed by atoms with Gasteiger partial charge in [0.15, 0.2) is 5.78 Å². The molecule has 3 nitrogen and oxygen atoms in total. The third kappa shape index (κ3) is 2.83. The molecule has 16 heavy (non-hydrogen) atoms. The number of ether oxygens (including phenoxy) is 1. The van der Waals surface area contributed by atoms with Gasteiger partial charge in [-0.3, -0.25) is 4.79 Å². The molecule has 1 rings (SSSR count). The molecule has 0 N–H and O–H groups in total. The molecule has 86 valence electrons. The molecule has 1 aromatic carbocycles. The van der Waals surface area contributed by atoms with Gasteiger partial charge in [0, 0.05) is 4.47 Å². The monoisotopic (exact) mass is 304 g/mol. The number of Topliss-reactive ketones (excluding diaryl/α,β-unsaturated/α-hetero) is 1. The summed E-state index contributed by atoms with van der Waals surface area (Å²) >= 11 is 9.20. The number of benzene rings is 1. The van der Waals surface area contributed by atoms with Crippen molar-refractivity contribution in [2.24, 2.45) is 0 Å². The minimum absolute atomic E-state index is 0.218. The van der Waals surface area contributed by atoms with Gasteiger partial charge in [-0.15, -0.1) is 11.6 Å². The van der Waals surface area contributed by atoms with Crippen molar-refractivity contribution in [3.8, 4) is 0 Å². The van der Waals surface area contributed by atoms with Gasteiger partial charge in [-0.05, 0) is 30.7 Å². The zero-order valence-corrected chi connectivity index (χ0v) is 11.1. The second kappa shape index (κ2) is 5.46. The van der Waals surface area contributed by atoms with Crippen LogP contribution >= 0.6 is 27.5 Å². The van der Waals surface area contributed by atoms with Crippen molar-refractivity contribution in [3.05, 3.63) is 33.8 Å². The first-order chi connectivity index (χ1) is 7.47. The standard InChI is InChI=1S/C11H10BrClO3/c1-6(14)10(13)9-5-7(12)3-4-8(9)11(15)16-2/h3-5,10H,1-2H3. The molecule has 0 aliphatic rings. The highest BCUT2D eigenvalue weighted by molar-refractivity contribution is 9.10. The lowest BCUT2D eigenvalue weighted by molar-refractivity contribution is -0.116. The van der Waals surface area contributed by atoms with Crippen LogP contribution in [0.2, 0.25) is 0 Å². The minimum Gasteiger partial charge on any atom is -0.465 e. The predicted octanol–water partition coefficient (Wildman–Crippen LogP) is 3.10. The first-order valence-corrected chi connectivity index (χ1v) is 5.72. The Labute approximate surface area is 107 Å². The van der Waals surface area contributed by atoms with E-state index in [2.05, 4.69) is 20.7 Å². The Bertz CT molecular complexity index is 431. The van der Waals surface area contributed by atoms with E-state index in [1.54, 1.807) is 18.2 Å². The van der Waals surface area contributed by atoms with Crippen molar-refractivity contribution in [3.63, 3.8) is 0 Å². The fraction of sp³-hybridized carbons (Fsp3) is 0.273. The van der Waals surface area contributed by atoms with Crippen LogP contribution in [0.5, 0.6) is 0 Å². The number of carbonyl (C=O) groups excluding carboxylic acids is 2. The molecule has 1 atom stereocenters. The number of hydrogen-bond acceptors (Lipinski definition) is 3. The smallest absolute Gasteiger partial charge is 0.338 e. The maximum Gasteiger partial charge on any atom is 0.338 e. The molecule has 0 aliphatic carbocycles. The van der Waals surface area contributed by atoms with Crippen LogP contribution in [0.1, 0.15) is 28.2 Å². The number of hydrogen-bond donors (Lipinski definition) is 0. The van der Waals surface area contributed by atoms with Crippen LogP contribution in [-0.2, 0) is 9.53 Å². The van der Waals surface area contributed by atoms with Crippen LogP contribution in [0.15, 0.2) is 22.7 Å². The third-order valence-corrected chi connectivity index (χ3v) is 3.08. The van der Waals surface area contributed by atoms with E-state index in [0.29, 0.717) is 11.1 Å². The summed E-state index contributed by atoms with van der Waals surface area (Å²) in [5.74, 6) is -0.723. The lowest BCUT2D eigenvalue weighted by Gasteiger charge is -2.11. The Hall–Kier alpha value is -0.870. The zero-order valence-electron chi connectivity index (χ0n) is 8.79. The van der Waals surface area contributed by atoms with E-state index < -0.39 is 11.3 Å². The summed E-state index contributed by atoms with van der Waals surface area (Å²) in [7, 11) is 1.28. The molecule has 5 heteroatoms. The van der Waals surface area contributed by atoms with Crippen LogP contribution in [0.25, 0.3) is 0 Å². The van der Waals surface area contributed by atoms with E-state index in [1.807, 2.05) is 0 Å². The molecule has 0 saturated heterocycles. The van der Waals surface area contributed by atoms with E-state index in [9.17, 15) is 9.59 Å². The van der Waals surface area contributed by atoms with Gasteiger partial charge in [0.05, 0.1) is 12.7 Å². The topological polar surface area (TPSA) is 43.4 Å². The number of alkyl halides is 1. The van der Waals surface area contributed by atoms with Crippen LogP contribution in [-0.4, -0.2) is 18.9 Å². The molecule has 1 unspecified atom stereocenters. The zero-order chi connectivity index (χ0) is 12.3. The quantitative estimate of drug-likeness (QED) is 0.636. The van der Waals surface area contributed by atoms with Crippen molar-refractivity contribution in [2.45, 2.75) is 12.3 Å². The van der Waals surface area contributed by atoms with Gasteiger partial charge in [-0.1, -0.05) is 15.9 Å². The molecule has 0 spiro atoms. The van der Waals surface area contributed by atoms with Crippen molar-refractivity contribution < 1.29 is 14.3 Å². The first kappa shape index (κ1) is 13.2. The summed E-state index contributed by atoms with van der Waals surface area (Å²) in [4.78, 5) is 22.7. The number of esters is 1. The van der Waals surface area contributed by atoms with Crippen molar-refractivity contribution in [1.29, 1.82) is 0 Å². The molecule has 0 amide bonds. The van der Waals surface area contributed by atoms with E-state index in [0.717, 1.165) is 4.47 Å². The average Bonchev–Trinajstić information content (AvgIpc) is 2.26. The van der Waals surface area contributed by atoms with Crippen LogP contribution < -0.4 is 0 Å². The number of rotatable bonds is 3. The van der Waals surface area contributed by atoms with Gasteiger partial charge in [-0.25, -0.2) is 4.79 Å². The summed E-state index contributed by atoms with van der Waals surface area (Å²) in [6.45, 7) is 1.37. The fourth-order valence-electron chi connectivity index (χ4n) is 1.26. The number of carbonyl (C=O) groups is 2. The van der Waals surface area contributed by atoms with Gasteiger partial charge < -0.3 is 4.74 Å². The normalized spacial score (nSPS) is 12.0. The van der Waals surface area contributed by atoms with Crippen molar-refractivity contribution >= 4 is 39.3 Å². The average molecular weight is 306 g/mol. The van der Waals surface area contributed by atoms with Crippen molar-refractivity contribution in [2.75, 3.05) is 7.11 Å². The van der Waals surface area contributed by atoms with Crippen LogP contribution in [0, 0.1) is 0 Å². The van der Waals surface area contributed by atoms with Crippen LogP contribution in [0.3, 0.4) is 0 Å². The molecular weight excluding hydrogens is 295 g/mol. The van der Waals surface area contributed by atoms with Gasteiger partial charge in [0.25, 0.3) is 0 Å². The maximum absolute atomic E-state index is 11.5. The Balaban J connectivity index is 3.28. The number of halogens is 2. The SMILES string of the molecule is COC(=O)c1ccc(Br)cc1C(Cl)C(C)=O. The Morgan fingerprint density at radius 1 is 1.44 bits per heavy atom.